The van der Waals surface area contributed by atoms with Gasteiger partial charge in [-0.2, -0.15) is 0 Å². The summed E-state index contributed by atoms with van der Waals surface area (Å²) in [6, 6.07) is 14.8. The molecule has 0 aliphatic rings. The lowest BCUT2D eigenvalue weighted by atomic mass is 10.1. The lowest BCUT2D eigenvalue weighted by Crippen LogP contribution is -2.16. The van der Waals surface area contributed by atoms with Crippen molar-refractivity contribution in [1.82, 2.24) is 4.57 Å². The number of carbonyl (C=O) groups excluding carboxylic acids is 2. The summed E-state index contributed by atoms with van der Waals surface area (Å²) < 4.78 is 29.9. The first kappa shape index (κ1) is 24.1. The van der Waals surface area contributed by atoms with E-state index in [2.05, 4.69) is 0 Å². The molecule has 0 atom stereocenters. The van der Waals surface area contributed by atoms with Crippen LogP contribution in [0.25, 0.3) is 5.69 Å². The number of carbonyl (C=O) groups is 2. The molecule has 0 unspecified atom stereocenters. The van der Waals surface area contributed by atoms with Gasteiger partial charge < -0.3 is 9.30 Å². The Balaban J connectivity index is 1.65. The van der Waals surface area contributed by atoms with Gasteiger partial charge in [0.2, 0.25) is 15.8 Å². The number of aryl methyl sites for hydroxylation is 1. The number of aromatic nitrogens is 1. The topological polar surface area (TPSA) is 108 Å². The molecule has 0 fully saturated rings. The van der Waals surface area contributed by atoms with Crippen LogP contribution < -0.4 is 5.14 Å². The van der Waals surface area contributed by atoms with E-state index in [4.69, 9.17) is 21.5 Å². The van der Waals surface area contributed by atoms with E-state index in [9.17, 15) is 18.0 Å². The summed E-state index contributed by atoms with van der Waals surface area (Å²) >= 11 is 7.13. The van der Waals surface area contributed by atoms with Gasteiger partial charge in [0.15, 0.2) is 6.61 Å². The van der Waals surface area contributed by atoms with Gasteiger partial charge in [0.1, 0.15) is 0 Å². The predicted octanol–water partition coefficient (Wildman–Crippen LogP) is 3.91. The third-order valence-corrected chi connectivity index (χ3v) is 6.86. The van der Waals surface area contributed by atoms with Crippen molar-refractivity contribution in [3.8, 4) is 5.69 Å². The second-order valence-electron chi connectivity index (χ2n) is 6.99. The smallest absolute Gasteiger partial charge is 0.316 e. The number of hydrogen-bond acceptors (Lipinski definition) is 6. The molecule has 3 rings (SSSR count). The van der Waals surface area contributed by atoms with Crippen molar-refractivity contribution in [2.24, 2.45) is 5.14 Å². The first-order chi connectivity index (χ1) is 15.1. The van der Waals surface area contributed by atoms with Crippen LogP contribution in [0, 0.1) is 13.8 Å². The zero-order valence-electron chi connectivity index (χ0n) is 17.4. The molecule has 2 N–H and O–H groups in total. The Morgan fingerprint density at radius 3 is 2.28 bits per heavy atom. The minimum atomic E-state index is -3.79. The normalized spacial score (nSPS) is 11.4. The highest BCUT2D eigenvalue weighted by molar-refractivity contribution is 8.00. The van der Waals surface area contributed by atoms with E-state index in [1.807, 2.05) is 11.5 Å². The van der Waals surface area contributed by atoms with Crippen LogP contribution in [-0.2, 0) is 19.6 Å². The summed E-state index contributed by atoms with van der Waals surface area (Å²) in [5, 5.41) is 5.75. The maximum Gasteiger partial charge on any atom is 0.316 e. The van der Waals surface area contributed by atoms with Crippen molar-refractivity contribution in [3.05, 3.63) is 76.6 Å². The monoisotopic (exact) mass is 492 g/mol. The van der Waals surface area contributed by atoms with Crippen molar-refractivity contribution >= 4 is 45.1 Å². The van der Waals surface area contributed by atoms with Gasteiger partial charge in [0.25, 0.3) is 0 Å². The minimum absolute atomic E-state index is 0.00314. The number of thioether (sulfide) groups is 1. The molecule has 0 aliphatic carbocycles. The van der Waals surface area contributed by atoms with E-state index >= 15 is 0 Å². The fourth-order valence-electron chi connectivity index (χ4n) is 3.17. The Labute approximate surface area is 195 Å². The largest absolute Gasteiger partial charge is 0.457 e. The molecule has 0 bridgehead atoms. The molecule has 1 aromatic heterocycles. The Morgan fingerprint density at radius 2 is 1.69 bits per heavy atom. The van der Waals surface area contributed by atoms with Crippen molar-refractivity contribution < 1.29 is 22.7 Å². The lowest BCUT2D eigenvalue weighted by Gasteiger charge is -2.10. The summed E-state index contributed by atoms with van der Waals surface area (Å²) in [5.41, 5.74) is 2.54. The quantitative estimate of drug-likeness (QED) is 0.290. The molecular weight excluding hydrogens is 472 g/mol. The third-order valence-electron chi connectivity index (χ3n) is 4.69. The van der Waals surface area contributed by atoms with Crippen LogP contribution >= 0.6 is 23.4 Å². The van der Waals surface area contributed by atoms with Crippen LogP contribution in [0.5, 0.6) is 0 Å². The maximum atomic E-state index is 12.7. The van der Waals surface area contributed by atoms with E-state index in [0.29, 0.717) is 22.0 Å². The van der Waals surface area contributed by atoms with Crippen LogP contribution in [0.2, 0.25) is 5.02 Å². The van der Waals surface area contributed by atoms with E-state index in [1.165, 1.54) is 23.9 Å². The summed E-state index contributed by atoms with van der Waals surface area (Å²) in [7, 11) is -3.79. The van der Waals surface area contributed by atoms with Gasteiger partial charge >= 0.3 is 5.97 Å². The second kappa shape index (κ2) is 9.91. The molecule has 2 aromatic carbocycles. The van der Waals surface area contributed by atoms with Crippen LogP contribution in [0.3, 0.4) is 0 Å². The summed E-state index contributed by atoms with van der Waals surface area (Å²) in [4.78, 5) is 25.6. The Hall–Kier alpha value is -2.59. The van der Waals surface area contributed by atoms with Crippen molar-refractivity contribution in [3.63, 3.8) is 0 Å². The number of nitrogens with two attached hydrogens (primary N) is 1. The molecule has 0 saturated carbocycles. The first-order valence-corrected chi connectivity index (χ1v) is 12.4. The SMILES string of the molecule is Cc1cc(C(=O)COC(=O)CSc2ccc(Cl)cc2)c(C)n1-c1ccc(S(N)(=O)=O)cc1. The zero-order chi connectivity index (χ0) is 23.5. The number of ketones is 1. The summed E-state index contributed by atoms with van der Waals surface area (Å²) in [6.07, 6.45) is 0. The second-order valence-corrected chi connectivity index (χ2v) is 10.0. The van der Waals surface area contributed by atoms with Crippen LogP contribution in [-0.4, -0.2) is 37.1 Å². The summed E-state index contributed by atoms with van der Waals surface area (Å²) in [5.74, 6) is -0.745. The number of esters is 1. The molecule has 0 spiro atoms. The van der Waals surface area contributed by atoms with E-state index < -0.39 is 16.0 Å². The lowest BCUT2D eigenvalue weighted by molar-refractivity contribution is -0.139. The minimum Gasteiger partial charge on any atom is -0.457 e. The van der Waals surface area contributed by atoms with E-state index in [0.717, 1.165) is 10.6 Å². The van der Waals surface area contributed by atoms with Gasteiger partial charge in [-0.05, 0) is 68.4 Å². The molecule has 0 radical (unpaired) electrons. The molecule has 3 aromatic rings. The molecule has 10 heteroatoms. The molecule has 0 amide bonds. The Morgan fingerprint density at radius 1 is 1.06 bits per heavy atom. The number of primary sulfonamides is 1. The van der Waals surface area contributed by atoms with E-state index in [1.54, 1.807) is 49.4 Å². The van der Waals surface area contributed by atoms with Gasteiger partial charge in [-0.15, -0.1) is 11.8 Å². The van der Waals surface area contributed by atoms with E-state index in [-0.39, 0.29) is 23.0 Å². The molecule has 32 heavy (non-hydrogen) atoms. The Bertz CT molecular complexity index is 1250. The number of nitrogens with zero attached hydrogens (tertiary/aromatic N) is 1. The van der Waals surface area contributed by atoms with Crippen molar-refractivity contribution in [1.29, 1.82) is 0 Å². The van der Waals surface area contributed by atoms with Crippen molar-refractivity contribution in [2.75, 3.05) is 12.4 Å². The van der Waals surface area contributed by atoms with Crippen LogP contribution in [0.15, 0.2) is 64.4 Å². The van der Waals surface area contributed by atoms with Gasteiger partial charge in [-0.25, -0.2) is 13.6 Å². The molecule has 0 saturated heterocycles. The first-order valence-electron chi connectivity index (χ1n) is 9.45. The maximum absolute atomic E-state index is 12.7. The van der Waals surface area contributed by atoms with Crippen LogP contribution in [0.1, 0.15) is 21.7 Å². The molecule has 0 aliphatic heterocycles. The van der Waals surface area contributed by atoms with Crippen molar-refractivity contribution in [2.45, 2.75) is 23.6 Å². The number of sulfonamides is 1. The van der Waals surface area contributed by atoms with Gasteiger partial charge in [-0.1, -0.05) is 11.6 Å². The Kier molecular flexibility index (Phi) is 7.45. The zero-order valence-corrected chi connectivity index (χ0v) is 19.8. The van der Waals surface area contributed by atoms with Gasteiger partial charge in [-0.3, -0.25) is 9.59 Å². The number of halogens is 1. The average molecular weight is 493 g/mol. The average Bonchev–Trinajstić information content (AvgIpc) is 3.05. The highest BCUT2D eigenvalue weighted by Crippen LogP contribution is 2.23. The number of ether oxygens (including phenoxy) is 1. The number of hydrogen-bond donors (Lipinski definition) is 1. The highest BCUT2D eigenvalue weighted by Gasteiger charge is 2.19. The third kappa shape index (κ3) is 5.80. The number of Topliss-reactive ketones (excluding diaryl/α,β-unsaturated/α-hetero) is 1. The molecular formula is C22H21ClN2O5S2. The fraction of sp³-hybridized carbons (Fsp3) is 0.182. The predicted molar refractivity (Wildman–Crippen MR) is 124 cm³/mol. The fourth-order valence-corrected chi connectivity index (χ4v) is 4.50. The molecule has 1 heterocycles. The van der Waals surface area contributed by atoms with Crippen LogP contribution in [0.4, 0.5) is 0 Å². The highest BCUT2D eigenvalue weighted by atomic mass is 35.5. The number of benzene rings is 2. The summed E-state index contributed by atoms with van der Waals surface area (Å²) in [6.45, 7) is 3.23. The van der Waals surface area contributed by atoms with Gasteiger partial charge in [0, 0.05) is 32.6 Å². The molecule has 7 nitrogen and oxygen atoms in total. The number of rotatable bonds is 8. The van der Waals surface area contributed by atoms with Gasteiger partial charge in [0.05, 0.1) is 10.6 Å². The molecule has 168 valence electrons. The standard InChI is InChI=1S/C22H21ClN2O5S2/c1-14-11-20(15(2)25(14)17-5-9-19(10-6-17)32(24,28)29)21(26)12-30-22(27)13-31-18-7-3-16(23)4-8-18/h3-11H,12-13H2,1-2H3,(H2,24,28,29).